The summed E-state index contributed by atoms with van der Waals surface area (Å²) < 4.78 is 4.59. The van der Waals surface area contributed by atoms with Gasteiger partial charge < -0.3 is 15.4 Å². The van der Waals surface area contributed by atoms with Gasteiger partial charge in [-0.2, -0.15) is 5.26 Å². The molecule has 1 fully saturated rings. The quantitative estimate of drug-likeness (QED) is 0.651. The molecule has 3 atom stereocenters. The van der Waals surface area contributed by atoms with Crippen LogP contribution >= 0.6 is 0 Å². The molecule has 1 aliphatic rings. The number of nitriles is 1. The summed E-state index contributed by atoms with van der Waals surface area (Å²) in [6.45, 7) is 1.65. The Labute approximate surface area is 111 Å². The van der Waals surface area contributed by atoms with Gasteiger partial charge in [-0.1, -0.05) is 0 Å². The van der Waals surface area contributed by atoms with Crippen LogP contribution in [0.4, 0.5) is 0 Å². The number of nitrogens with zero attached hydrogens (tertiary/aromatic N) is 1. The first-order chi connectivity index (χ1) is 8.97. The van der Waals surface area contributed by atoms with Crippen molar-refractivity contribution in [2.45, 2.75) is 38.3 Å². The average Bonchev–Trinajstić information content (AvgIpc) is 2.83. The van der Waals surface area contributed by atoms with Crippen molar-refractivity contribution in [3.63, 3.8) is 0 Å². The van der Waals surface area contributed by atoms with Crippen molar-refractivity contribution in [2.24, 2.45) is 5.92 Å². The molecule has 0 saturated carbocycles. The molecule has 0 radical (unpaired) electrons. The highest BCUT2D eigenvalue weighted by atomic mass is 16.5. The highest BCUT2D eigenvalue weighted by Crippen LogP contribution is 2.10. The van der Waals surface area contributed by atoms with E-state index >= 15 is 0 Å². The van der Waals surface area contributed by atoms with Gasteiger partial charge >= 0.3 is 5.97 Å². The van der Waals surface area contributed by atoms with Crippen molar-refractivity contribution in [2.75, 3.05) is 7.11 Å². The van der Waals surface area contributed by atoms with Crippen molar-refractivity contribution in [1.29, 1.82) is 5.26 Å². The molecule has 19 heavy (non-hydrogen) atoms. The Bertz CT molecular complexity index is 416. The molecule has 2 N–H and O–H groups in total. The summed E-state index contributed by atoms with van der Waals surface area (Å²) >= 11 is 0. The summed E-state index contributed by atoms with van der Waals surface area (Å²) in [6.07, 6.45) is 0.886. The molecule has 1 saturated heterocycles. The van der Waals surface area contributed by atoms with Gasteiger partial charge in [0, 0.05) is 12.3 Å². The maximum absolute atomic E-state index is 11.9. The lowest BCUT2D eigenvalue weighted by Gasteiger charge is -2.19. The SMILES string of the molecule is COC(=O)[C@@H](C[C@@H](C)C#N)NC(=O)[C@@H]1CCC(=O)N1. The van der Waals surface area contributed by atoms with Crippen LogP contribution < -0.4 is 10.6 Å². The summed E-state index contributed by atoms with van der Waals surface area (Å²) in [5.41, 5.74) is 0. The second-order valence-corrected chi connectivity index (χ2v) is 4.51. The summed E-state index contributed by atoms with van der Waals surface area (Å²) in [5, 5.41) is 13.8. The van der Waals surface area contributed by atoms with Crippen LogP contribution in [0.25, 0.3) is 0 Å². The molecule has 0 bridgehead atoms. The summed E-state index contributed by atoms with van der Waals surface area (Å²) in [5.74, 6) is -1.59. The Morgan fingerprint density at radius 3 is 2.79 bits per heavy atom. The minimum Gasteiger partial charge on any atom is -0.467 e. The number of carbonyl (C=O) groups excluding carboxylic acids is 3. The molecule has 104 valence electrons. The lowest BCUT2D eigenvalue weighted by atomic mass is 10.0. The molecular formula is C12H17N3O4. The molecular weight excluding hydrogens is 250 g/mol. The maximum atomic E-state index is 11.9. The molecule has 7 nitrogen and oxygen atoms in total. The maximum Gasteiger partial charge on any atom is 0.328 e. The molecule has 0 spiro atoms. The molecule has 0 aromatic rings. The number of nitrogens with one attached hydrogen (secondary N) is 2. The molecule has 7 heteroatoms. The third-order valence-corrected chi connectivity index (χ3v) is 2.92. The number of methoxy groups -OCH3 is 1. The number of esters is 1. The Kier molecular flexibility index (Phi) is 5.30. The van der Waals surface area contributed by atoms with E-state index < -0.39 is 24.0 Å². The van der Waals surface area contributed by atoms with Gasteiger partial charge in [0.1, 0.15) is 12.1 Å². The molecule has 0 aromatic heterocycles. The normalized spacial score (nSPS) is 20.9. The van der Waals surface area contributed by atoms with Crippen molar-refractivity contribution >= 4 is 17.8 Å². The van der Waals surface area contributed by atoms with E-state index in [0.29, 0.717) is 12.8 Å². The standard InChI is InChI=1S/C12H17N3O4/c1-7(6-13)5-9(12(18)19-2)15-11(17)8-3-4-10(16)14-8/h7-9H,3-5H2,1-2H3,(H,14,16)(H,15,17)/t7-,8+,9-/m1/s1. The fraction of sp³-hybridized carbons (Fsp3) is 0.667. The largest absolute Gasteiger partial charge is 0.467 e. The molecule has 0 unspecified atom stereocenters. The third kappa shape index (κ3) is 4.25. The van der Waals surface area contributed by atoms with E-state index in [1.807, 2.05) is 6.07 Å². The first kappa shape index (κ1) is 15.0. The zero-order valence-corrected chi connectivity index (χ0v) is 10.9. The van der Waals surface area contributed by atoms with Crippen LogP contribution in [0, 0.1) is 17.2 Å². The Hall–Kier alpha value is -2.10. The molecule has 1 heterocycles. The van der Waals surface area contributed by atoms with Gasteiger partial charge in [0.2, 0.25) is 11.8 Å². The fourth-order valence-corrected chi connectivity index (χ4v) is 1.85. The van der Waals surface area contributed by atoms with E-state index in [1.54, 1.807) is 6.92 Å². The zero-order chi connectivity index (χ0) is 14.4. The van der Waals surface area contributed by atoms with Gasteiger partial charge in [-0.25, -0.2) is 4.79 Å². The highest BCUT2D eigenvalue weighted by Gasteiger charge is 2.31. The number of hydrogen-bond donors (Lipinski definition) is 2. The number of hydrogen-bond acceptors (Lipinski definition) is 5. The highest BCUT2D eigenvalue weighted by molar-refractivity contribution is 5.93. The van der Waals surface area contributed by atoms with Gasteiger partial charge in [-0.3, -0.25) is 9.59 Å². The summed E-state index contributed by atoms with van der Waals surface area (Å²) in [4.78, 5) is 34.5. The Morgan fingerprint density at radius 1 is 1.63 bits per heavy atom. The minimum absolute atomic E-state index is 0.176. The van der Waals surface area contributed by atoms with Crippen molar-refractivity contribution in [1.82, 2.24) is 10.6 Å². The molecule has 1 rings (SSSR count). The third-order valence-electron chi connectivity index (χ3n) is 2.92. The fourth-order valence-electron chi connectivity index (χ4n) is 1.85. The van der Waals surface area contributed by atoms with Gasteiger partial charge in [0.05, 0.1) is 13.2 Å². The first-order valence-corrected chi connectivity index (χ1v) is 6.05. The van der Waals surface area contributed by atoms with Crippen LogP contribution in [0.15, 0.2) is 0 Å². The van der Waals surface area contributed by atoms with Crippen molar-refractivity contribution in [3.8, 4) is 6.07 Å². The predicted octanol–water partition coefficient (Wildman–Crippen LogP) is -0.527. The smallest absolute Gasteiger partial charge is 0.328 e. The second-order valence-electron chi connectivity index (χ2n) is 4.51. The lowest BCUT2D eigenvalue weighted by molar-refractivity contribution is -0.145. The molecule has 0 aromatic carbocycles. The van der Waals surface area contributed by atoms with Crippen molar-refractivity contribution in [3.05, 3.63) is 0 Å². The van der Waals surface area contributed by atoms with Gasteiger partial charge in [-0.05, 0) is 19.8 Å². The lowest BCUT2D eigenvalue weighted by Crippen LogP contribution is -2.49. The predicted molar refractivity (Wildman–Crippen MR) is 64.5 cm³/mol. The van der Waals surface area contributed by atoms with Crippen LogP contribution in [-0.2, 0) is 19.1 Å². The zero-order valence-electron chi connectivity index (χ0n) is 10.9. The van der Waals surface area contributed by atoms with Gasteiger partial charge in [-0.15, -0.1) is 0 Å². The van der Waals surface area contributed by atoms with E-state index in [0.717, 1.165) is 0 Å². The van der Waals surface area contributed by atoms with E-state index in [4.69, 9.17) is 5.26 Å². The number of rotatable bonds is 5. The van der Waals surface area contributed by atoms with Crippen LogP contribution in [-0.4, -0.2) is 37.0 Å². The van der Waals surface area contributed by atoms with Crippen LogP contribution in [0.5, 0.6) is 0 Å². The summed E-state index contributed by atoms with van der Waals surface area (Å²) in [6, 6.07) is 0.511. The molecule has 0 aliphatic carbocycles. The average molecular weight is 267 g/mol. The van der Waals surface area contributed by atoms with Crippen LogP contribution in [0.2, 0.25) is 0 Å². The summed E-state index contributed by atoms with van der Waals surface area (Å²) in [7, 11) is 1.22. The second kappa shape index (κ2) is 6.73. The van der Waals surface area contributed by atoms with Gasteiger partial charge in [0.15, 0.2) is 0 Å². The minimum atomic E-state index is -0.871. The monoisotopic (exact) mass is 267 g/mol. The van der Waals surface area contributed by atoms with E-state index in [2.05, 4.69) is 15.4 Å². The topological polar surface area (TPSA) is 108 Å². The number of amides is 2. The van der Waals surface area contributed by atoms with Crippen molar-refractivity contribution < 1.29 is 19.1 Å². The van der Waals surface area contributed by atoms with E-state index in [9.17, 15) is 14.4 Å². The number of ether oxygens (including phenoxy) is 1. The Morgan fingerprint density at radius 2 is 2.32 bits per heavy atom. The first-order valence-electron chi connectivity index (χ1n) is 6.05. The molecule has 1 aliphatic heterocycles. The van der Waals surface area contributed by atoms with Crippen LogP contribution in [0.3, 0.4) is 0 Å². The number of carbonyl (C=O) groups is 3. The van der Waals surface area contributed by atoms with E-state index in [-0.39, 0.29) is 18.2 Å². The molecule has 2 amide bonds. The Balaban J connectivity index is 2.61. The van der Waals surface area contributed by atoms with E-state index in [1.165, 1.54) is 7.11 Å². The van der Waals surface area contributed by atoms with Crippen LogP contribution in [0.1, 0.15) is 26.2 Å². The van der Waals surface area contributed by atoms with Gasteiger partial charge in [0.25, 0.3) is 0 Å².